The van der Waals surface area contributed by atoms with Crippen LogP contribution in [0.25, 0.3) is 0 Å². The average Bonchev–Trinajstić information content (AvgIpc) is 3.08. The lowest BCUT2D eigenvalue weighted by molar-refractivity contribution is -0.127. The summed E-state index contributed by atoms with van der Waals surface area (Å²) in [6.45, 7) is 0.865. The number of nitrogens with zero attached hydrogens (tertiary/aromatic N) is 2. The summed E-state index contributed by atoms with van der Waals surface area (Å²) in [5, 5.41) is 0.359. The number of carbonyl (C=O) groups excluding carboxylic acids is 2. The maximum Gasteiger partial charge on any atom is 0.285 e. The second-order valence-electron chi connectivity index (χ2n) is 7.46. The van der Waals surface area contributed by atoms with Crippen LogP contribution in [0.3, 0.4) is 0 Å². The molecule has 2 amide bonds. The van der Waals surface area contributed by atoms with Crippen molar-refractivity contribution in [2.75, 3.05) is 20.2 Å². The number of sulfonamides is 1. The SMILES string of the molecule is COc1ccc(Cl)cc1C(=O)NNC(=O)C1CCCN(C2=NS(=O)(=O)c3ccccc32)C1. The Morgan fingerprint density at radius 2 is 1.97 bits per heavy atom. The zero-order valence-electron chi connectivity index (χ0n) is 17.2. The molecule has 1 atom stereocenters. The van der Waals surface area contributed by atoms with Crippen LogP contribution in [-0.4, -0.2) is 51.2 Å². The highest BCUT2D eigenvalue weighted by molar-refractivity contribution is 7.90. The molecular weight excluding hydrogens is 456 g/mol. The summed E-state index contributed by atoms with van der Waals surface area (Å²) >= 11 is 5.95. The molecule has 2 aromatic rings. The molecule has 4 rings (SSSR count). The van der Waals surface area contributed by atoms with E-state index in [9.17, 15) is 18.0 Å². The van der Waals surface area contributed by atoms with Crippen molar-refractivity contribution in [3.63, 3.8) is 0 Å². The van der Waals surface area contributed by atoms with E-state index in [1.807, 2.05) is 0 Å². The van der Waals surface area contributed by atoms with Crippen molar-refractivity contribution in [2.45, 2.75) is 17.7 Å². The number of methoxy groups -OCH3 is 1. The van der Waals surface area contributed by atoms with Crippen molar-refractivity contribution in [1.82, 2.24) is 15.8 Å². The van der Waals surface area contributed by atoms with Crippen molar-refractivity contribution in [3.8, 4) is 5.75 Å². The first-order valence-electron chi connectivity index (χ1n) is 9.93. The standard InChI is InChI=1S/C21H21ClN4O5S/c1-31-17-9-8-14(22)11-16(17)21(28)24-23-20(27)13-5-4-10-26(12-13)19-15-6-2-3-7-18(15)32(29,30)25-19/h2-3,6-9,11,13H,4-5,10,12H2,1H3,(H,23,27)(H,24,28). The van der Waals surface area contributed by atoms with E-state index in [0.717, 1.165) is 0 Å². The van der Waals surface area contributed by atoms with Crippen LogP contribution in [0.15, 0.2) is 51.8 Å². The average molecular weight is 477 g/mol. The number of hydrazine groups is 1. The Morgan fingerprint density at radius 3 is 2.75 bits per heavy atom. The number of hydrogen-bond acceptors (Lipinski definition) is 6. The minimum atomic E-state index is -3.74. The van der Waals surface area contributed by atoms with E-state index in [0.29, 0.717) is 41.6 Å². The molecule has 9 nitrogen and oxygen atoms in total. The van der Waals surface area contributed by atoms with Crippen LogP contribution >= 0.6 is 11.6 Å². The Bertz CT molecular complexity index is 1210. The highest BCUT2D eigenvalue weighted by Crippen LogP contribution is 2.29. The van der Waals surface area contributed by atoms with Crippen LogP contribution in [0.1, 0.15) is 28.8 Å². The third-order valence-corrected chi connectivity index (χ3v) is 6.97. The van der Waals surface area contributed by atoms with Crippen LogP contribution in [0.5, 0.6) is 5.75 Å². The molecule has 2 heterocycles. The normalized spacial score (nSPS) is 19.0. The molecule has 0 saturated carbocycles. The minimum Gasteiger partial charge on any atom is -0.496 e. The zero-order valence-corrected chi connectivity index (χ0v) is 18.7. The lowest BCUT2D eigenvalue weighted by Gasteiger charge is -2.33. The molecule has 0 radical (unpaired) electrons. The second-order valence-corrected chi connectivity index (χ2v) is 9.47. The van der Waals surface area contributed by atoms with Gasteiger partial charge in [0.25, 0.3) is 15.9 Å². The highest BCUT2D eigenvalue weighted by Gasteiger charge is 2.35. The number of benzene rings is 2. The first-order chi connectivity index (χ1) is 15.3. The number of fused-ring (bicyclic) bond motifs is 1. The predicted octanol–water partition coefficient (Wildman–Crippen LogP) is 1.97. The van der Waals surface area contributed by atoms with Gasteiger partial charge in [-0.15, -0.1) is 4.40 Å². The van der Waals surface area contributed by atoms with Gasteiger partial charge in [0.05, 0.1) is 18.6 Å². The van der Waals surface area contributed by atoms with Gasteiger partial charge in [0, 0.05) is 23.7 Å². The number of rotatable bonds is 3. The van der Waals surface area contributed by atoms with Gasteiger partial charge in [0.15, 0.2) is 5.84 Å². The summed E-state index contributed by atoms with van der Waals surface area (Å²) in [6.07, 6.45) is 1.27. The summed E-state index contributed by atoms with van der Waals surface area (Å²) in [4.78, 5) is 27.2. The molecule has 0 aromatic heterocycles. The van der Waals surface area contributed by atoms with E-state index in [-0.39, 0.29) is 22.9 Å². The second kappa shape index (κ2) is 8.79. The molecule has 2 aliphatic rings. The number of likely N-dealkylation sites (tertiary alicyclic amines) is 1. The number of carbonyl (C=O) groups is 2. The zero-order chi connectivity index (χ0) is 22.9. The van der Waals surface area contributed by atoms with Gasteiger partial charge in [0.2, 0.25) is 5.91 Å². The van der Waals surface area contributed by atoms with Gasteiger partial charge >= 0.3 is 0 Å². The molecule has 0 spiro atoms. The van der Waals surface area contributed by atoms with E-state index >= 15 is 0 Å². The van der Waals surface area contributed by atoms with Crippen LogP contribution < -0.4 is 15.6 Å². The van der Waals surface area contributed by atoms with E-state index in [2.05, 4.69) is 15.2 Å². The van der Waals surface area contributed by atoms with Crippen molar-refractivity contribution in [3.05, 3.63) is 58.6 Å². The molecule has 1 unspecified atom stereocenters. The molecule has 0 aliphatic carbocycles. The number of amidine groups is 1. The van der Waals surface area contributed by atoms with Gasteiger partial charge in [-0.2, -0.15) is 8.42 Å². The Balaban J connectivity index is 1.43. The van der Waals surface area contributed by atoms with Crippen LogP contribution in [0.4, 0.5) is 0 Å². The molecule has 2 aliphatic heterocycles. The third-order valence-electron chi connectivity index (χ3n) is 5.41. The third kappa shape index (κ3) is 4.28. The van der Waals surface area contributed by atoms with E-state index in [4.69, 9.17) is 16.3 Å². The molecule has 32 heavy (non-hydrogen) atoms. The maximum atomic E-state index is 12.7. The summed E-state index contributed by atoms with van der Waals surface area (Å²) in [6, 6.07) is 11.2. The van der Waals surface area contributed by atoms with Crippen molar-refractivity contribution in [2.24, 2.45) is 10.3 Å². The molecular formula is C21H21ClN4O5S. The number of amides is 2. The van der Waals surface area contributed by atoms with Gasteiger partial charge in [-0.25, -0.2) is 0 Å². The maximum absolute atomic E-state index is 12.7. The monoisotopic (exact) mass is 476 g/mol. The predicted molar refractivity (Wildman–Crippen MR) is 118 cm³/mol. The van der Waals surface area contributed by atoms with Gasteiger partial charge in [-0.1, -0.05) is 23.7 Å². The molecule has 168 valence electrons. The van der Waals surface area contributed by atoms with Gasteiger partial charge in [-0.3, -0.25) is 20.4 Å². The Labute approximate surface area is 190 Å². The molecule has 11 heteroatoms. The topological polar surface area (TPSA) is 117 Å². The number of ether oxygens (including phenoxy) is 1. The molecule has 2 aromatic carbocycles. The number of nitrogens with one attached hydrogen (secondary N) is 2. The molecule has 1 fully saturated rings. The fourth-order valence-corrected chi connectivity index (χ4v) is 5.25. The van der Waals surface area contributed by atoms with Gasteiger partial charge < -0.3 is 9.64 Å². The van der Waals surface area contributed by atoms with E-state index in [1.54, 1.807) is 35.2 Å². The number of piperidine rings is 1. The van der Waals surface area contributed by atoms with Gasteiger partial charge in [-0.05, 0) is 43.2 Å². The largest absolute Gasteiger partial charge is 0.496 e. The van der Waals surface area contributed by atoms with E-state index in [1.165, 1.54) is 19.2 Å². The number of halogens is 1. The Morgan fingerprint density at radius 1 is 1.19 bits per heavy atom. The van der Waals surface area contributed by atoms with E-state index < -0.39 is 21.8 Å². The highest BCUT2D eigenvalue weighted by atomic mass is 35.5. The smallest absolute Gasteiger partial charge is 0.285 e. The summed E-state index contributed by atoms with van der Waals surface area (Å²) in [5.41, 5.74) is 5.56. The first kappa shape index (κ1) is 22.1. The summed E-state index contributed by atoms with van der Waals surface area (Å²) in [7, 11) is -2.31. The van der Waals surface area contributed by atoms with Crippen molar-refractivity contribution in [1.29, 1.82) is 0 Å². The van der Waals surface area contributed by atoms with Crippen LogP contribution in [0, 0.1) is 5.92 Å². The van der Waals surface area contributed by atoms with Crippen molar-refractivity contribution >= 4 is 39.3 Å². The van der Waals surface area contributed by atoms with Crippen LogP contribution in [0.2, 0.25) is 5.02 Å². The quantitative estimate of drug-likeness (QED) is 0.654. The Hall–Kier alpha value is -3.11. The molecule has 1 saturated heterocycles. The van der Waals surface area contributed by atoms with Gasteiger partial charge in [0.1, 0.15) is 10.6 Å². The molecule has 2 N–H and O–H groups in total. The van der Waals surface area contributed by atoms with Crippen LogP contribution in [-0.2, 0) is 14.8 Å². The fourth-order valence-electron chi connectivity index (χ4n) is 3.85. The summed E-state index contributed by atoms with van der Waals surface area (Å²) < 4.78 is 33.8. The van der Waals surface area contributed by atoms with Crippen molar-refractivity contribution < 1.29 is 22.7 Å². The first-order valence-corrected chi connectivity index (χ1v) is 11.7. The lowest BCUT2D eigenvalue weighted by Crippen LogP contribution is -2.50. The Kier molecular flexibility index (Phi) is 6.07. The minimum absolute atomic E-state index is 0.171. The number of hydrogen-bond donors (Lipinski definition) is 2. The lowest BCUT2D eigenvalue weighted by atomic mass is 9.96. The fraction of sp³-hybridized carbons (Fsp3) is 0.286. The molecule has 0 bridgehead atoms. The summed E-state index contributed by atoms with van der Waals surface area (Å²) in [5.74, 6) is -0.720.